The number of fused-ring (bicyclic) bond motifs is 3. The first-order valence-corrected chi connectivity index (χ1v) is 9.67. The predicted molar refractivity (Wildman–Crippen MR) is 94.8 cm³/mol. The third-order valence-corrected chi connectivity index (χ3v) is 6.29. The lowest BCUT2D eigenvalue weighted by atomic mass is 10.1. The number of rotatable bonds is 3. The Bertz CT molecular complexity index is 1080. The molecule has 0 saturated carbocycles. The molecule has 4 rings (SSSR count). The first-order chi connectivity index (χ1) is 12.0. The number of hydrogen-bond donors (Lipinski definition) is 2. The van der Waals surface area contributed by atoms with Crippen molar-refractivity contribution in [1.82, 2.24) is 19.9 Å². The maximum absolute atomic E-state index is 13.2. The number of sulfone groups is 1. The molecule has 3 aromatic rings. The summed E-state index contributed by atoms with van der Waals surface area (Å²) in [6, 6.07) is 6.19. The molecule has 130 valence electrons. The van der Waals surface area contributed by atoms with Gasteiger partial charge in [-0.25, -0.2) is 17.9 Å². The Labute approximate surface area is 149 Å². The van der Waals surface area contributed by atoms with E-state index in [-0.39, 0.29) is 15.6 Å². The Morgan fingerprint density at radius 3 is 2.96 bits per heavy atom. The lowest BCUT2D eigenvalue weighted by molar-refractivity contribution is 0.596. The lowest BCUT2D eigenvalue weighted by Crippen LogP contribution is -2.26. The maximum Gasteiger partial charge on any atom is 0.214 e. The van der Waals surface area contributed by atoms with E-state index in [1.165, 1.54) is 12.1 Å². The molecule has 0 atom stereocenters. The van der Waals surface area contributed by atoms with Crippen LogP contribution in [0.4, 0.5) is 5.82 Å². The zero-order valence-corrected chi connectivity index (χ0v) is 15.0. The van der Waals surface area contributed by atoms with Crippen LogP contribution in [0.25, 0.3) is 5.65 Å². The van der Waals surface area contributed by atoms with Crippen LogP contribution in [0.2, 0.25) is 5.02 Å². The molecule has 9 heteroatoms. The number of nitrogens with one attached hydrogen (secondary N) is 2. The van der Waals surface area contributed by atoms with Crippen molar-refractivity contribution >= 4 is 32.9 Å². The molecule has 3 heterocycles. The van der Waals surface area contributed by atoms with E-state index in [2.05, 4.69) is 20.7 Å². The highest BCUT2D eigenvalue weighted by atomic mass is 35.5. The van der Waals surface area contributed by atoms with Gasteiger partial charge in [0.25, 0.3) is 0 Å². The summed E-state index contributed by atoms with van der Waals surface area (Å²) >= 11 is 5.97. The van der Waals surface area contributed by atoms with E-state index in [9.17, 15) is 8.42 Å². The van der Waals surface area contributed by atoms with Crippen molar-refractivity contribution in [2.24, 2.45) is 0 Å². The number of halogens is 1. The largest absolute Gasteiger partial charge is 0.370 e. The van der Waals surface area contributed by atoms with E-state index in [0.29, 0.717) is 17.2 Å². The normalized spacial score (nSPS) is 14.5. The summed E-state index contributed by atoms with van der Waals surface area (Å²) < 4.78 is 28.0. The van der Waals surface area contributed by atoms with Crippen LogP contribution in [0.5, 0.6) is 0 Å². The van der Waals surface area contributed by atoms with Gasteiger partial charge < -0.3 is 10.6 Å². The average molecular weight is 378 g/mol. The van der Waals surface area contributed by atoms with Gasteiger partial charge in [-0.15, -0.1) is 5.10 Å². The Kier molecular flexibility index (Phi) is 3.90. The van der Waals surface area contributed by atoms with Gasteiger partial charge in [0, 0.05) is 24.8 Å². The summed E-state index contributed by atoms with van der Waals surface area (Å²) in [6.07, 6.45) is 2.58. The van der Waals surface area contributed by atoms with Crippen molar-refractivity contribution in [3.8, 4) is 0 Å². The van der Waals surface area contributed by atoms with Crippen molar-refractivity contribution in [2.45, 2.75) is 22.8 Å². The molecule has 1 aliphatic heterocycles. The van der Waals surface area contributed by atoms with Gasteiger partial charge in [0.15, 0.2) is 16.4 Å². The monoisotopic (exact) mass is 377 g/mol. The second kappa shape index (κ2) is 5.98. The number of nitrogens with zero attached hydrogens (tertiary/aromatic N) is 3. The molecular formula is C16H16ClN5O2S. The molecule has 0 radical (unpaired) electrons. The van der Waals surface area contributed by atoms with Gasteiger partial charge in [-0.1, -0.05) is 17.7 Å². The summed E-state index contributed by atoms with van der Waals surface area (Å²) in [5.74, 6) is 0.270. The molecule has 0 aliphatic carbocycles. The first kappa shape index (κ1) is 16.3. The third kappa shape index (κ3) is 2.57. The smallest absolute Gasteiger partial charge is 0.214 e. The molecular weight excluding hydrogens is 362 g/mol. The molecule has 2 aromatic heterocycles. The topological polar surface area (TPSA) is 88.4 Å². The van der Waals surface area contributed by atoms with Crippen LogP contribution in [0, 0.1) is 0 Å². The quantitative estimate of drug-likeness (QED) is 0.724. The average Bonchev–Trinajstić information content (AvgIpc) is 3.01. The molecule has 2 N–H and O–H groups in total. The number of benzene rings is 1. The standard InChI is InChI=1S/C16H16ClN5O2S/c1-18-15-14(25(23,24)12-4-2-3-11(17)7-12)16-20-8-10-5-6-19-9-13(10)22(16)21-15/h2-4,7-8,19H,5-6,9H2,1H3,(H,18,21). The number of hydrogen-bond acceptors (Lipinski definition) is 6. The van der Waals surface area contributed by atoms with Crippen molar-refractivity contribution in [3.05, 3.63) is 46.7 Å². The van der Waals surface area contributed by atoms with Crippen molar-refractivity contribution in [2.75, 3.05) is 18.9 Å². The molecule has 0 saturated heterocycles. The SMILES string of the molecule is CNc1nn2c3c(cnc2c1S(=O)(=O)c1cccc(Cl)c1)CCNC3. The van der Waals surface area contributed by atoms with Crippen molar-refractivity contribution < 1.29 is 8.42 Å². The van der Waals surface area contributed by atoms with E-state index in [4.69, 9.17) is 11.6 Å². The molecule has 0 bridgehead atoms. The molecule has 7 nitrogen and oxygen atoms in total. The zero-order chi connectivity index (χ0) is 17.6. The molecule has 0 spiro atoms. The second-order valence-corrected chi connectivity index (χ2v) is 8.10. The molecule has 1 aromatic carbocycles. The van der Waals surface area contributed by atoms with Crippen LogP contribution < -0.4 is 10.6 Å². The second-order valence-electron chi connectivity index (χ2n) is 5.78. The van der Waals surface area contributed by atoms with Crippen LogP contribution in [0.1, 0.15) is 11.3 Å². The van der Waals surface area contributed by atoms with Crippen molar-refractivity contribution in [1.29, 1.82) is 0 Å². The first-order valence-electron chi connectivity index (χ1n) is 7.81. The van der Waals surface area contributed by atoms with Crippen LogP contribution in [-0.2, 0) is 22.8 Å². The summed E-state index contributed by atoms with van der Waals surface area (Å²) in [5, 5.41) is 11.0. The number of aromatic nitrogens is 3. The van der Waals surface area contributed by atoms with E-state index >= 15 is 0 Å². The van der Waals surface area contributed by atoms with Gasteiger partial charge >= 0.3 is 0 Å². The van der Waals surface area contributed by atoms with Crippen LogP contribution >= 0.6 is 11.6 Å². The van der Waals surface area contributed by atoms with Crippen LogP contribution in [0.3, 0.4) is 0 Å². The maximum atomic E-state index is 13.2. The van der Waals surface area contributed by atoms with E-state index < -0.39 is 9.84 Å². The van der Waals surface area contributed by atoms with Crippen LogP contribution in [-0.4, -0.2) is 36.6 Å². The lowest BCUT2D eigenvalue weighted by Gasteiger charge is -2.17. The van der Waals surface area contributed by atoms with Crippen molar-refractivity contribution in [3.63, 3.8) is 0 Å². The fraction of sp³-hybridized carbons (Fsp3) is 0.250. The Balaban J connectivity index is 2.01. The minimum absolute atomic E-state index is 0.0608. The highest BCUT2D eigenvalue weighted by molar-refractivity contribution is 7.91. The van der Waals surface area contributed by atoms with E-state index in [1.54, 1.807) is 29.9 Å². The fourth-order valence-electron chi connectivity index (χ4n) is 3.04. The van der Waals surface area contributed by atoms with Gasteiger partial charge in [-0.2, -0.15) is 0 Å². The molecule has 0 amide bonds. The summed E-state index contributed by atoms with van der Waals surface area (Å²) in [4.78, 5) is 4.57. The van der Waals surface area contributed by atoms with Crippen LogP contribution in [0.15, 0.2) is 40.3 Å². The summed E-state index contributed by atoms with van der Waals surface area (Å²) in [7, 11) is -2.18. The predicted octanol–water partition coefficient (Wildman–Crippen LogP) is 1.90. The Morgan fingerprint density at radius 1 is 1.36 bits per heavy atom. The molecule has 0 unspecified atom stereocenters. The minimum Gasteiger partial charge on any atom is -0.370 e. The van der Waals surface area contributed by atoms with E-state index in [0.717, 1.165) is 24.2 Å². The molecule has 25 heavy (non-hydrogen) atoms. The van der Waals surface area contributed by atoms with E-state index in [1.807, 2.05) is 0 Å². The van der Waals surface area contributed by atoms with Gasteiger partial charge in [0.1, 0.15) is 0 Å². The van der Waals surface area contributed by atoms with Gasteiger partial charge in [-0.3, -0.25) is 0 Å². The summed E-state index contributed by atoms with van der Waals surface area (Å²) in [6.45, 7) is 1.49. The Morgan fingerprint density at radius 2 is 2.20 bits per heavy atom. The van der Waals surface area contributed by atoms with Gasteiger partial charge in [-0.05, 0) is 36.7 Å². The zero-order valence-electron chi connectivity index (χ0n) is 13.5. The van der Waals surface area contributed by atoms with Gasteiger partial charge in [0.05, 0.1) is 10.6 Å². The fourth-order valence-corrected chi connectivity index (χ4v) is 4.84. The summed E-state index contributed by atoms with van der Waals surface area (Å²) in [5.41, 5.74) is 2.31. The third-order valence-electron chi connectivity index (χ3n) is 4.26. The highest BCUT2D eigenvalue weighted by Gasteiger charge is 2.30. The molecule has 1 aliphatic rings. The molecule has 0 fully saturated rings. The minimum atomic E-state index is -3.83. The highest BCUT2D eigenvalue weighted by Crippen LogP contribution is 2.32. The van der Waals surface area contributed by atoms with Gasteiger partial charge in [0.2, 0.25) is 9.84 Å². The Hall–Kier alpha value is -2.16. The number of anilines is 1.